The van der Waals surface area contributed by atoms with E-state index >= 15 is 0 Å². The van der Waals surface area contributed by atoms with Gasteiger partial charge in [-0.05, 0) is 110 Å². The number of carbonyl (C=O) groups is 2. The van der Waals surface area contributed by atoms with Crippen LogP contribution in [0.5, 0.6) is 23.0 Å². The summed E-state index contributed by atoms with van der Waals surface area (Å²) >= 11 is 10.9. The Bertz CT molecular complexity index is 3330. The molecule has 412 valence electrons. The molecule has 2 amide bonds. The van der Waals surface area contributed by atoms with Crippen LogP contribution in [0.3, 0.4) is 0 Å². The fraction of sp³-hybridized carbons (Fsp3) is 0.440. The molecule has 2 aliphatic heterocycles. The van der Waals surface area contributed by atoms with Crippen LogP contribution in [0, 0.1) is 23.3 Å². The van der Waals surface area contributed by atoms with Gasteiger partial charge in [0.25, 0.3) is 11.1 Å². The van der Waals surface area contributed by atoms with Crippen molar-refractivity contribution in [3.63, 3.8) is 0 Å². The topological polar surface area (TPSA) is 207 Å². The molecule has 2 aliphatic rings. The zero-order chi connectivity index (χ0) is 55.2. The zero-order valence-corrected chi connectivity index (χ0v) is 45.2. The smallest absolute Gasteiger partial charge is 0.410 e. The molecule has 2 atom stereocenters. The quantitative estimate of drug-likeness (QED) is 0.0601. The summed E-state index contributed by atoms with van der Waals surface area (Å²) in [5.41, 5.74) is -2.24. The molecule has 0 unspecified atom stereocenters. The summed E-state index contributed by atoms with van der Waals surface area (Å²) in [6.07, 6.45) is 6.78. The van der Waals surface area contributed by atoms with Crippen LogP contribution in [0.1, 0.15) is 86.7 Å². The number of sulfone groups is 1. The van der Waals surface area contributed by atoms with E-state index in [4.69, 9.17) is 42.1 Å². The number of amides is 2. The normalized spacial score (nSPS) is 15.9. The Morgan fingerprint density at radius 1 is 0.684 bits per heavy atom. The van der Waals surface area contributed by atoms with Crippen molar-refractivity contribution < 1.29 is 54.5 Å². The second-order valence-corrected chi connectivity index (χ2v) is 22.6. The third-order valence-electron chi connectivity index (χ3n) is 11.0. The molecule has 18 nitrogen and oxygen atoms in total. The third-order valence-corrected chi connectivity index (χ3v) is 12.4. The SMILES string of the molecule is C.CC(C)(C)OC(=O)N1CCC[C@@H](n2c(=O)c(Oc3ccc(F)cc3F)cc3cnc(S(C)(=O)=O)nc32)C1.CSc1ncc2cc(Oc3ccc(F)cc3F)c(=O)n([C@@H]3CCCN(C(=O)OC(C)(C)C)C3)c2n1.ClCCl. The Morgan fingerprint density at radius 3 is 1.47 bits per heavy atom. The molecule has 4 aromatic heterocycles. The van der Waals surface area contributed by atoms with E-state index in [9.17, 15) is 45.2 Å². The molecule has 0 bridgehead atoms. The molecule has 2 aromatic carbocycles. The van der Waals surface area contributed by atoms with Gasteiger partial charge in [-0.15, -0.1) is 23.2 Å². The van der Waals surface area contributed by atoms with Crippen LogP contribution < -0.4 is 20.6 Å². The van der Waals surface area contributed by atoms with Gasteiger partial charge in [0.15, 0.2) is 39.8 Å². The number of piperidine rings is 2. The first kappa shape index (κ1) is 60.6. The second kappa shape index (κ2) is 25.3. The van der Waals surface area contributed by atoms with E-state index in [0.717, 1.165) is 30.5 Å². The average molecular weight is 1140 g/mol. The van der Waals surface area contributed by atoms with E-state index < -0.39 is 84.9 Å². The van der Waals surface area contributed by atoms with Gasteiger partial charge in [-0.3, -0.25) is 18.7 Å². The summed E-state index contributed by atoms with van der Waals surface area (Å²) in [5, 5.41) is 0.947. The highest BCUT2D eigenvalue weighted by molar-refractivity contribution is 7.98. The number of carbonyl (C=O) groups excluding carboxylic acids is 2. The summed E-state index contributed by atoms with van der Waals surface area (Å²) in [6.45, 7) is 11.8. The molecule has 8 rings (SSSR count). The van der Waals surface area contributed by atoms with Crippen molar-refractivity contribution in [3.8, 4) is 23.0 Å². The number of nitrogens with zero attached hydrogens (tertiary/aromatic N) is 8. The van der Waals surface area contributed by atoms with Gasteiger partial charge in [0.2, 0.25) is 15.0 Å². The Kier molecular flexibility index (Phi) is 20.2. The molecule has 2 fully saturated rings. The first-order chi connectivity index (χ1) is 35.2. The molecule has 6 heterocycles. The number of hydrogen-bond donors (Lipinski definition) is 0. The maximum atomic E-state index is 14.3. The van der Waals surface area contributed by atoms with E-state index in [1.165, 1.54) is 44.1 Å². The van der Waals surface area contributed by atoms with Crippen LogP contribution in [0.4, 0.5) is 27.2 Å². The van der Waals surface area contributed by atoms with Gasteiger partial charge < -0.3 is 28.7 Å². The van der Waals surface area contributed by atoms with Crippen LogP contribution in [0.15, 0.2) is 80.8 Å². The van der Waals surface area contributed by atoms with E-state index in [-0.39, 0.29) is 59.9 Å². The fourth-order valence-corrected chi connectivity index (χ4v) is 8.76. The predicted octanol–water partition coefficient (Wildman–Crippen LogP) is 11.1. The van der Waals surface area contributed by atoms with E-state index in [1.807, 2.05) is 6.26 Å². The van der Waals surface area contributed by atoms with Crippen molar-refractivity contribution in [1.29, 1.82) is 0 Å². The summed E-state index contributed by atoms with van der Waals surface area (Å²) in [7, 11) is -3.81. The van der Waals surface area contributed by atoms with Crippen molar-refractivity contribution >= 4 is 79.1 Å². The average Bonchev–Trinajstić information content (AvgIpc) is 3.32. The van der Waals surface area contributed by atoms with Crippen molar-refractivity contribution in [2.24, 2.45) is 0 Å². The molecule has 0 N–H and O–H groups in total. The summed E-state index contributed by atoms with van der Waals surface area (Å²) in [5.74, 6) is -4.63. The van der Waals surface area contributed by atoms with Gasteiger partial charge in [-0.2, -0.15) is 4.98 Å². The summed E-state index contributed by atoms with van der Waals surface area (Å²) in [6, 6.07) is 7.16. The zero-order valence-electron chi connectivity index (χ0n) is 42.0. The van der Waals surface area contributed by atoms with E-state index in [2.05, 4.69) is 19.9 Å². The number of fused-ring (bicyclic) bond motifs is 2. The third kappa shape index (κ3) is 15.5. The number of alkyl halides is 2. The molecule has 0 radical (unpaired) electrons. The number of ether oxygens (including phenoxy) is 4. The number of benzene rings is 2. The standard InChI is InChI=1S/C24H26F2N4O6S.C24H26F2N4O4S.CH2Cl2.CH4/c1-24(2,3)36-23(32)29-9-5-6-16(13-29)30-20-14(12-27-22(28-20)37(4,33)34)10-19(21(30)31)35-18-8-7-15(25)11-17(18)26;1-24(2,3)34-23(32)29-9-5-6-16(13-29)30-20-14(12-27-22(28-20)35-4)10-19(21(30)31)33-18-8-7-15(25)11-17(18)26;2-1-3;/h7-8,10-12,16H,5-6,9,13H2,1-4H3;7-8,10-12,16H,5-6,9,13H2,1-4H3;1H2;1H4/t2*16-;;/m11../s1. The number of pyridine rings is 2. The summed E-state index contributed by atoms with van der Waals surface area (Å²) in [4.78, 5) is 72.5. The summed E-state index contributed by atoms with van der Waals surface area (Å²) < 4.78 is 104. The Balaban J connectivity index is 0.000000264. The van der Waals surface area contributed by atoms with E-state index in [0.29, 0.717) is 67.1 Å². The van der Waals surface area contributed by atoms with Crippen molar-refractivity contribution in [2.75, 3.05) is 44.0 Å². The fourth-order valence-electron chi connectivity index (χ4n) is 7.93. The number of aromatic nitrogens is 6. The molecule has 0 aliphatic carbocycles. The lowest BCUT2D eigenvalue weighted by Gasteiger charge is -2.35. The minimum absolute atomic E-state index is 0. The minimum atomic E-state index is -3.81. The van der Waals surface area contributed by atoms with Gasteiger partial charge in [0.1, 0.15) is 34.1 Å². The van der Waals surface area contributed by atoms with Crippen LogP contribution in [0.25, 0.3) is 22.1 Å². The lowest BCUT2D eigenvalue weighted by Crippen LogP contribution is -2.45. The molecular weight excluding hydrogens is 1080 g/mol. The molecule has 2 saturated heterocycles. The maximum absolute atomic E-state index is 14.3. The first-order valence-electron chi connectivity index (χ1n) is 23.1. The number of hydrogen-bond acceptors (Lipinski definition) is 15. The van der Waals surface area contributed by atoms with Crippen molar-refractivity contribution in [2.45, 2.75) is 108 Å². The Hall–Kier alpha value is -6.24. The number of rotatable bonds is 8. The van der Waals surface area contributed by atoms with Crippen molar-refractivity contribution in [1.82, 2.24) is 38.9 Å². The van der Waals surface area contributed by atoms with Gasteiger partial charge in [-0.1, -0.05) is 19.2 Å². The van der Waals surface area contributed by atoms with Crippen LogP contribution in [-0.2, 0) is 19.3 Å². The number of thioether (sulfide) groups is 1. The first-order valence-corrected chi connectivity index (χ1v) is 27.3. The number of likely N-dealkylation sites (tertiary alicyclic amines) is 2. The Labute approximate surface area is 450 Å². The highest BCUT2D eigenvalue weighted by Crippen LogP contribution is 2.32. The van der Waals surface area contributed by atoms with Gasteiger partial charge in [0, 0.05) is 67.7 Å². The van der Waals surface area contributed by atoms with Gasteiger partial charge in [0.05, 0.1) is 17.4 Å². The molecule has 76 heavy (non-hydrogen) atoms. The van der Waals surface area contributed by atoms with Crippen molar-refractivity contribution in [3.05, 3.63) is 105 Å². The van der Waals surface area contributed by atoms with Gasteiger partial charge >= 0.3 is 12.2 Å². The van der Waals surface area contributed by atoms with Crippen LogP contribution in [0.2, 0.25) is 0 Å². The lowest BCUT2D eigenvalue weighted by atomic mass is 10.1. The van der Waals surface area contributed by atoms with Crippen LogP contribution in [-0.4, -0.2) is 115 Å². The molecule has 6 aromatic rings. The highest BCUT2D eigenvalue weighted by Gasteiger charge is 2.33. The molecule has 0 spiro atoms. The molecule has 0 saturated carbocycles. The molecular formula is C50H58Cl2F4N8O10S2. The highest BCUT2D eigenvalue weighted by atomic mass is 35.5. The van der Waals surface area contributed by atoms with Gasteiger partial charge in [-0.25, -0.2) is 50.5 Å². The lowest BCUT2D eigenvalue weighted by molar-refractivity contribution is 0.0163. The monoisotopic (exact) mass is 1140 g/mol. The minimum Gasteiger partial charge on any atom is -0.448 e. The molecule has 26 heteroatoms. The maximum Gasteiger partial charge on any atom is 0.410 e. The van der Waals surface area contributed by atoms with E-state index in [1.54, 1.807) is 52.6 Å². The Morgan fingerprint density at radius 2 is 1.09 bits per heavy atom. The predicted molar refractivity (Wildman–Crippen MR) is 281 cm³/mol. The van der Waals surface area contributed by atoms with Crippen LogP contribution >= 0.6 is 35.0 Å². The second-order valence-electron chi connectivity index (χ2n) is 19.1. The number of halogens is 6. The largest absolute Gasteiger partial charge is 0.448 e.